The van der Waals surface area contributed by atoms with Gasteiger partial charge in [-0.1, -0.05) is 73.7 Å². The van der Waals surface area contributed by atoms with Gasteiger partial charge >= 0.3 is 0 Å². The van der Waals surface area contributed by atoms with E-state index < -0.39 is 0 Å². The second kappa shape index (κ2) is 13.3. The quantitative estimate of drug-likeness (QED) is 0.160. The monoisotopic (exact) mass is 601 g/mol. The van der Waals surface area contributed by atoms with Gasteiger partial charge in [-0.25, -0.2) is 0 Å². The highest BCUT2D eigenvalue weighted by Gasteiger charge is 2.36. The summed E-state index contributed by atoms with van der Waals surface area (Å²) in [6.45, 7) is 8.06. The van der Waals surface area contributed by atoms with Gasteiger partial charge in [0.2, 0.25) is 0 Å². The molecule has 0 N–H and O–H groups in total. The number of rotatable bonds is 10. The van der Waals surface area contributed by atoms with E-state index in [0.29, 0.717) is 12.6 Å². The Bertz CT molecular complexity index is 1780. The number of hydrogen-bond donors (Lipinski definition) is 0. The van der Waals surface area contributed by atoms with Crippen molar-refractivity contribution in [2.45, 2.75) is 58.8 Å². The molecule has 0 aliphatic carbocycles. The Balaban J connectivity index is 1.60. The lowest BCUT2D eigenvalue weighted by molar-refractivity contribution is 0.112. The number of ether oxygens (including phenoxy) is 4. The third-order valence-corrected chi connectivity index (χ3v) is 9.25. The van der Waals surface area contributed by atoms with Crippen LogP contribution in [0.5, 0.6) is 23.0 Å². The van der Waals surface area contributed by atoms with E-state index in [1.54, 1.807) is 21.3 Å². The number of nitrogens with zero attached hydrogens (tertiary/aromatic N) is 1. The Morgan fingerprint density at radius 3 is 2.04 bits per heavy atom. The molecule has 45 heavy (non-hydrogen) atoms. The van der Waals surface area contributed by atoms with Crippen molar-refractivity contribution in [3.05, 3.63) is 119 Å². The molecule has 1 unspecified atom stereocenters. The molecule has 0 fully saturated rings. The molecule has 6 rings (SSSR count). The molecule has 0 bridgehead atoms. The highest BCUT2D eigenvalue weighted by molar-refractivity contribution is 6.05. The van der Waals surface area contributed by atoms with Gasteiger partial charge in [0.05, 0.1) is 26.7 Å². The fourth-order valence-electron chi connectivity index (χ4n) is 7.06. The molecule has 5 heteroatoms. The van der Waals surface area contributed by atoms with Crippen molar-refractivity contribution in [2.24, 2.45) is 0 Å². The molecule has 1 aliphatic heterocycles. The smallest absolute Gasteiger partial charge is 0.131 e. The summed E-state index contributed by atoms with van der Waals surface area (Å²) in [5, 5.41) is 2.04. The van der Waals surface area contributed by atoms with Gasteiger partial charge in [-0.05, 0) is 78.1 Å². The van der Waals surface area contributed by atoms with Crippen molar-refractivity contribution in [3.8, 4) is 34.1 Å². The maximum atomic E-state index is 6.75. The van der Waals surface area contributed by atoms with Crippen LogP contribution in [0.25, 0.3) is 21.9 Å². The number of benzene rings is 5. The highest BCUT2D eigenvalue weighted by Crippen LogP contribution is 2.51. The molecule has 5 aromatic carbocycles. The zero-order chi connectivity index (χ0) is 31.5. The van der Waals surface area contributed by atoms with E-state index in [1.807, 2.05) is 18.2 Å². The minimum Gasteiger partial charge on any atom is -0.496 e. The van der Waals surface area contributed by atoms with E-state index in [4.69, 9.17) is 18.9 Å². The van der Waals surface area contributed by atoms with Crippen LogP contribution in [0, 0.1) is 6.92 Å². The minimum absolute atomic E-state index is 0.136. The molecule has 1 aliphatic rings. The number of hydrogen-bond acceptors (Lipinski definition) is 5. The molecular formula is C40H43NO4. The molecule has 0 aromatic heterocycles. The first-order valence-corrected chi connectivity index (χ1v) is 15.8. The first kappa shape index (κ1) is 30.5. The molecule has 1 heterocycles. The van der Waals surface area contributed by atoms with Crippen LogP contribution in [0.15, 0.2) is 91.0 Å². The number of methoxy groups -OCH3 is 3. The number of aryl methyl sites for hydroxylation is 1. The van der Waals surface area contributed by atoms with Gasteiger partial charge in [-0.2, -0.15) is 0 Å². The van der Waals surface area contributed by atoms with Crippen molar-refractivity contribution in [1.29, 1.82) is 0 Å². The lowest BCUT2D eigenvalue weighted by atomic mass is 9.80. The van der Waals surface area contributed by atoms with Crippen LogP contribution < -0.4 is 18.9 Å². The summed E-state index contributed by atoms with van der Waals surface area (Å²) in [5.74, 6) is 3.27. The van der Waals surface area contributed by atoms with E-state index in [1.165, 1.54) is 16.7 Å². The topological polar surface area (TPSA) is 40.2 Å². The standard InChI is InChI=1S/C40H43NO4/c1-7-30-22-33-38(27(3)41(30)24-28-14-10-8-11-15-28)36(44-6)23-37(45-25-29-16-12-9-13-17-29)39(33)31-18-19-34(42-4)40-32(31)20-26(2)21-35(40)43-5/h8-21,23,27,30H,7,22,24-25H2,1-6H3/t27?,30-/m0/s1. The van der Waals surface area contributed by atoms with Crippen molar-refractivity contribution < 1.29 is 18.9 Å². The average molecular weight is 602 g/mol. The first-order chi connectivity index (χ1) is 22.0. The molecule has 0 saturated carbocycles. The third kappa shape index (κ3) is 5.85. The summed E-state index contributed by atoms with van der Waals surface area (Å²) in [6.07, 6.45) is 1.91. The third-order valence-electron chi connectivity index (χ3n) is 9.25. The maximum Gasteiger partial charge on any atom is 0.131 e. The summed E-state index contributed by atoms with van der Waals surface area (Å²) >= 11 is 0. The lowest BCUT2D eigenvalue weighted by Crippen LogP contribution is -2.42. The van der Waals surface area contributed by atoms with Gasteiger partial charge < -0.3 is 18.9 Å². The molecule has 0 saturated heterocycles. The van der Waals surface area contributed by atoms with E-state index in [-0.39, 0.29) is 6.04 Å². The van der Waals surface area contributed by atoms with Crippen molar-refractivity contribution in [1.82, 2.24) is 4.90 Å². The Morgan fingerprint density at radius 1 is 0.733 bits per heavy atom. The molecule has 5 nitrogen and oxygen atoms in total. The van der Waals surface area contributed by atoms with Gasteiger partial charge in [0.1, 0.15) is 29.6 Å². The normalized spacial score (nSPS) is 16.3. The van der Waals surface area contributed by atoms with E-state index >= 15 is 0 Å². The SMILES string of the molecule is CC[C@H]1Cc2c(-c3ccc(OC)c4c(OC)cc(C)cc34)c(OCc3ccccc3)cc(OC)c2C(C)N1Cc1ccccc1. The molecule has 2 atom stereocenters. The fourth-order valence-corrected chi connectivity index (χ4v) is 7.06. The van der Waals surface area contributed by atoms with E-state index in [2.05, 4.69) is 98.5 Å². The maximum absolute atomic E-state index is 6.75. The summed E-state index contributed by atoms with van der Waals surface area (Å²) in [5.41, 5.74) is 8.29. The van der Waals surface area contributed by atoms with Crippen LogP contribution >= 0.6 is 0 Å². The van der Waals surface area contributed by atoms with Gasteiger partial charge in [0, 0.05) is 35.8 Å². The summed E-state index contributed by atoms with van der Waals surface area (Å²) in [6, 6.07) is 32.2. The van der Waals surface area contributed by atoms with Gasteiger partial charge in [-0.15, -0.1) is 0 Å². The largest absolute Gasteiger partial charge is 0.496 e. The molecule has 0 radical (unpaired) electrons. The summed E-state index contributed by atoms with van der Waals surface area (Å²) in [7, 11) is 5.21. The second-order valence-corrected chi connectivity index (χ2v) is 11.9. The van der Waals surface area contributed by atoms with Crippen LogP contribution in [-0.4, -0.2) is 32.3 Å². The van der Waals surface area contributed by atoms with E-state index in [9.17, 15) is 0 Å². The fraction of sp³-hybridized carbons (Fsp3) is 0.300. The first-order valence-electron chi connectivity index (χ1n) is 15.8. The van der Waals surface area contributed by atoms with E-state index in [0.717, 1.165) is 75.4 Å². The van der Waals surface area contributed by atoms with Gasteiger partial charge in [0.25, 0.3) is 0 Å². The Hall–Kier alpha value is -4.48. The second-order valence-electron chi connectivity index (χ2n) is 11.9. The summed E-state index contributed by atoms with van der Waals surface area (Å²) < 4.78 is 24.7. The van der Waals surface area contributed by atoms with Gasteiger partial charge in [0.15, 0.2) is 0 Å². The molecular weight excluding hydrogens is 558 g/mol. The van der Waals surface area contributed by atoms with Crippen LogP contribution in [0.4, 0.5) is 0 Å². The molecule has 5 aromatic rings. The Morgan fingerprint density at radius 2 is 1.40 bits per heavy atom. The number of fused-ring (bicyclic) bond motifs is 2. The predicted molar refractivity (Wildman–Crippen MR) is 183 cm³/mol. The van der Waals surface area contributed by atoms with Gasteiger partial charge in [-0.3, -0.25) is 4.90 Å². The molecule has 0 spiro atoms. The van der Waals surface area contributed by atoms with Crippen LogP contribution in [0.2, 0.25) is 0 Å². The highest BCUT2D eigenvalue weighted by atomic mass is 16.5. The predicted octanol–water partition coefficient (Wildman–Crippen LogP) is 9.32. The lowest BCUT2D eigenvalue weighted by Gasteiger charge is -2.43. The van der Waals surface area contributed by atoms with Crippen molar-refractivity contribution in [3.63, 3.8) is 0 Å². The molecule has 232 valence electrons. The average Bonchev–Trinajstić information content (AvgIpc) is 3.08. The zero-order valence-electron chi connectivity index (χ0n) is 27.2. The van der Waals surface area contributed by atoms with Crippen LogP contribution in [0.1, 0.15) is 54.1 Å². The molecule has 0 amide bonds. The van der Waals surface area contributed by atoms with Crippen LogP contribution in [-0.2, 0) is 19.6 Å². The zero-order valence-corrected chi connectivity index (χ0v) is 27.2. The Labute approximate surface area is 267 Å². The van der Waals surface area contributed by atoms with Crippen molar-refractivity contribution >= 4 is 10.8 Å². The minimum atomic E-state index is 0.136. The summed E-state index contributed by atoms with van der Waals surface area (Å²) in [4.78, 5) is 2.63. The Kier molecular flexibility index (Phi) is 8.99. The van der Waals surface area contributed by atoms with Crippen molar-refractivity contribution in [2.75, 3.05) is 21.3 Å². The van der Waals surface area contributed by atoms with Crippen LogP contribution in [0.3, 0.4) is 0 Å².